The zero-order valence-electron chi connectivity index (χ0n) is 11.1. The highest BCUT2D eigenvalue weighted by Crippen LogP contribution is 2.40. The summed E-state index contributed by atoms with van der Waals surface area (Å²) in [5.41, 5.74) is 1.14. The summed E-state index contributed by atoms with van der Waals surface area (Å²) in [7, 11) is 0. The standard InChI is InChI=1S/C14H19BrO3/c1-8(2)9-5-10(13(18)11(15)6-9)14(3,4)7-12(16)17/h5-6,8,18H,7H2,1-4H3,(H,16,17). The Morgan fingerprint density at radius 3 is 2.39 bits per heavy atom. The molecule has 18 heavy (non-hydrogen) atoms. The number of carboxylic acid groups (broad SMARTS) is 1. The first kappa shape index (κ1) is 15.0. The zero-order valence-corrected chi connectivity index (χ0v) is 12.7. The maximum atomic E-state index is 10.9. The lowest BCUT2D eigenvalue weighted by Gasteiger charge is -2.26. The maximum absolute atomic E-state index is 10.9. The van der Waals surface area contributed by atoms with Crippen molar-refractivity contribution in [2.24, 2.45) is 0 Å². The van der Waals surface area contributed by atoms with E-state index in [1.54, 1.807) is 0 Å². The van der Waals surface area contributed by atoms with E-state index in [2.05, 4.69) is 29.8 Å². The van der Waals surface area contributed by atoms with E-state index in [1.165, 1.54) is 0 Å². The number of hydrogen-bond donors (Lipinski definition) is 2. The molecular formula is C14H19BrO3. The average molecular weight is 315 g/mol. The first-order valence-electron chi connectivity index (χ1n) is 5.90. The summed E-state index contributed by atoms with van der Waals surface area (Å²) in [6.45, 7) is 7.78. The van der Waals surface area contributed by atoms with Gasteiger partial charge in [0.05, 0.1) is 10.9 Å². The highest BCUT2D eigenvalue weighted by atomic mass is 79.9. The van der Waals surface area contributed by atoms with Crippen molar-refractivity contribution in [3.05, 3.63) is 27.7 Å². The molecule has 2 N–H and O–H groups in total. The van der Waals surface area contributed by atoms with Crippen molar-refractivity contribution >= 4 is 21.9 Å². The SMILES string of the molecule is CC(C)c1cc(Br)c(O)c(C(C)(C)CC(=O)O)c1. The molecule has 3 nitrogen and oxygen atoms in total. The van der Waals surface area contributed by atoms with Gasteiger partial charge in [0.25, 0.3) is 0 Å². The van der Waals surface area contributed by atoms with E-state index in [4.69, 9.17) is 5.11 Å². The molecule has 0 bridgehead atoms. The summed E-state index contributed by atoms with van der Waals surface area (Å²) in [6, 6.07) is 3.77. The summed E-state index contributed by atoms with van der Waals surface area (Å²) >= 11 is 3.33. The van der Waals surface area contributed by atoms with Crippen molar-refractivity contribution in [1.82, 2.24) is 0 Å². The predicted octanol–water partition coefficient (Wildman–Crippen LogP) is 4.03. The molecule has 4 heteroatoms. The lowest BCUT2D eigenvalue weighted by atomic mass is 9.79. The molecule has 100 valence electrons. The van der Waals surface area contributed by atoms with Crippen LogP contribution >= 0.6 is 15.9 Å². The molecule has 1 rings (SSSR count). The van der Waals surface area contributed by atoms with Crippen molar-refractivity contribution in [1.29, 1.82) is 0 Å². The third kappa shape index (κ3) is 3.25. The third-order valence-electron chi connectivity index (χ3n) is 3.07. The molecule has 0 unspecified atom stereocenters. The molecule has 1 aromatic rings. The summed E-state index contributed by atoms with van der Waals surface area (Å²) in [5, 5.41) is 19.1. The van der Waals surface area contributed by atoms with Gasteiger partial charge in [-0.05, 0) is 33.5 Å². The minimum atomic E-state index is -0.870. The Bertz CT molecular complexity index is 464. The summed E-state index contributed by atoms with van der Waals surface area (Å²) in [5.74, 6) is -0.419. The van der Waals surface area contributed by atoms with Crippen LogP contribution in [-0.2, 0) is 10.2 Å². The topological polar surface area (TPSA) is 57.5 Å². The first-order valence-corrected chi connectivity index (χ1v) is 6.69. The number of rotatable bonds is 4. The fourth-order valence-electron chi connectivity index (χ4n) is 1.94. The Morgan fingerprint density at radius 2 is 1.94 bits per heavy atom. The van der Waals surface area contributed by atoms with Crippen LogP contribution in [-0.4, -0.2) is 16.2 Å². The molecule has 0 radical (unpaired) electrons. The molecule has 0 amide bonds. The monoisotopic (exact) mass is 314 g/mol. The highest BCUT2D eigenvalue weighted by Gasteiger charge is 2.28. The molecule has 0 aliphatic carbocycles. The van der Waals surface area contributed by atoms with Crippen molar-refractivity contribution in [2.75, 3.05) is 0 Å². The van der Waals surface area contributed by atoms with Crippen molar-refractivity contribution in [3.63, 3.8) is 0 Å². The van der Waals surface area contributed by atoms with Crippen LogP contribution in [0.3, 0.4) is 0 Å². The predicted molar refractivity (Wildman–Crippen MR) is 75.2 cm³/mol. The van der Waals surface area contributed by atoms with Crippen LogP contribution in [0.2, 0.25) is 0 Å². The van der Waals surface area contributed by atoms with Gasteiger partial charge in [-0.15, -0.1) is 0 Å². The molecule has 0 aliphatic heterocycles. The Labute approximate surface area is 116 Å². The second kappa shape index (κ2) is 5.31. The van der Waals surface area contributed by atoms with Gasteiger partial charge in [-0.25, -0.2) is 0 Å². The van der Waals surface area contributed by atoms with E-state index in [0.29, 0.717) is 16.0 Å². The van der Waals surface area contributed by atoms with Crippen LogP contribution in [0.5, 0.6) is 5.75 Å². The number of aromatic hydroxyl groups is 1. The molecular weight excluding hydrogens is 296 g/mol. The fraction of sp³-hybridized carbons (Fsp3) is 0.500. The van der Waals surface area contributed by atoms with E-state index in [-0.39, 0.29) is 12.2 Å². The Morgan fingerprint density at radius 1 is 1.39 bits per heavy atom. The number of benzene rings is 1. The molecule has 1 aromatic carbocycles. The van der Waals surface area contributed by atoms with Crippen molar-refractivity contribution in [3.8, 4) is 5.75 Å². The van der Waals surface area contributed by atoms with Gasteiger partial charge in [0.1, 0.15) is 5.75 Å². The van der Waals surface area contributed by atoms with Crippen LogP contribution in [0.15, 0.2) is 16.6 Å². The lowest BCUT2D eigenvalue weighted by Crippen LogP contribution is -2.22. The second-order valence-corrected chi connectivity index (χ2v) is 6.36. The van der Waals surface area contributed by atoms with Crippen LogP contribution in [0, 0.1) is 0 Å². The van der Waals surface area contributed by atoms with E-state index < -0.39 is 11.4 Å². The molecule has 0 saturated heterocycles. The maximum Gasteiger partial charge on any atom is 0.304 e. The summed E-state index contributed by atoms with van der Waals surface area (Å²) < 4.78 is 0.613. The Balaban J connectivity index is 3.34. The number of phenols is 1. The van der Waals surface area contributed by atoms with Crippen LogP contribution < -0.4 is 0 Å². The highest BCUT2D eigenvalue weighted by molar-refractivity contribution is 9.10. The van der Waals surface area contributed by atoms with Crippen molar-refractivity contribution < 1.29 is 15.0 Å². The van der Waals surface area contributed by atoms with Crippen molar-refractivity contribution in [2.45, 2.75) is 45.4 Å². The molecule has 0 aliphatic rings. The van der Waals surface area contributed by atoms with Gasteiger partial charge in [-0.3, -0.25) is 4.79 Å². The second-order valence-electron chi connectivity index (χ2n) is 5.51. The van der Waals surface area contributed by atoms with E-state index in [9.17, 15) is 9.90 Å². The molecule has 0 atom stereocenters. The van der Waals surface area contributed by atoms with Gasteiger partial charge < -0.3 is 10.2 Å². The zero-order chi connectivity index (χ0) is 14.1. The van der Waals surface area contributed by atoms with Gasteiger partial charge in [-0.2, -0.15) is 0 Å². The van der Waals surface area contributed by atoms with Crippen LogP contribution in [0.25, 0.3) is 0 Å². The number of halogens is 1. The van der Waals surface area contributed by atoms with Gasteiger partial charge in [0.2, 0.25) is 0 Å². The minimum absolute atomic E-state index is 0.0193. The van der Waals surface area contributed by atoms with Gasteiger partial charge in [0, 0.05) is 11.0 Å². The van der Waals surface area contributed by atoms with E-state index in [0.717, 1.165) is 5.56 Å². The number of carboxylic acids is 1. The van der Waals surface area contributed by atoms with Crippen LogP contribution in [0.1, 0.15) is 51.2 Å². The van der Waals surface area contributed by atoms with Crippen LogP contribution in [0.4, 0.5) is 0 Å². The molecule has 0 spiro atoms. The smallest absolute Gasteiger partial charge is 0.304 e. The van der Waals surface area contributed by atoms with E-state index in [1.807, 2.05) is 26.0 Å². The summed E-state index contributed by atoms with van der Waals surface area (Å²) in [4.78, 5) is 10.9. The fourth-order valence-corrected chi connectivity index (χ4v) is 2.42. The normalized spacial score (nSPS) is 11.9. The molecule has 0 aromatic heterocycles. The summed E-state index contributed by atoms with van der Waals surface area (Å²) in [6.07, 6.45) is -0.0193. The minimum Gasteiger partial charge on any atom is -0.506 e. The van der Waals surface area contributed by atoms with Gasteiger partial charge in [-0.1, -0.05) is 33.8 Å². The first-order chi connectivity index (χ1) is 8.15. The number of hydrogen-bond acceptors (Lipinski definition) is 2. The molecule has 0 heterocycles. The average Bonchev–Trinajstić information content (AvgIpc) is 2.19. The molecule has 0 fully saturated rings. The Kier molecular flexibility index (Phi) is 4.43. The number of phenolic OH excluding ortho intramolecular Hbond substituents is 1. The van der Waals surface area contributed by atoms with Gasteiger partial charge >= 0.3 is 5.97 Å². The Hall–Kier alpha value is -1.03. The number of aliphatic carboxylic acids is 1. The number of carbonyl (C=O) groups is 1. The van der Waals surface area contributed by atoms with E-state index >= 15 is 0 Å². The largest absolute Gasteiger partial charge is 0.506 e. The quantitative estimate of drug-likeness (QED) is 0.882. The molecule has 0 saturated carbocycles. The lowest BCUT2D eigenvalue weighted by molar-refractivity contribution is -0.138. The van der Waals surface area contributed by atoms with Gasteiger partial charge in [0.15, 0.2) is 0 Å². The third-order valence-corrected chi connectivity index (χ3v) is 3.68.